The molecule has 0 atom stereocenters. The van der Waals surface area contributed by atoms with Crippen LogP contribution < -0.4 is 0 Å². The summed E-state index contributed by atoms with van der Waals surface area (Å²) in [7, 11) is 0. The van der Waals surface area contributed by atoms with Gasteiger partial charge < -0.3 is 0 Å². The van der Waals surface area contributed by atoms with Crippen molar-refractivity contribution in [3.8, 4) is 0 Å². The van der Waals surface area contributed by atoms with Crippen molar-refractivity contribution in [1.82, 2.24) is 0 Å². The zero-order valence-corrected chi connectivity index (χ0v) is 5.84. The van der Waals surface area contributed by atoms with Crippen LogP contribution in [0.25, 0.3) is 0 Å². The lowest BCUT2D eigenvalue weighted by Gasteiger charge is -2.05. The molecule has 0 amide bonds. The summed E-state index contributed by atoms with van der Waals surface area (Å²) in [6.45, 7) is 0. The molecular formula is C7H8F4. The number of hydrogen-bond donors (Lipinski definition) is 0. The minimum Gasteiger partial charge on any atom is -0.202 e. The highest BCUT2D eigenvalue weighted by molar-refractivity contribution is 5.15. The van der Waals surface area contributed by atoms with Crippen molar-refractivity contribution < 1.29 is 17.6 Å². The van der Waals surface area contributed by atoms with E-state index in [2.05, 4.69) is 0 Å². The second kappa shape index (κ2) is 2.83. The molecule has 1 aliphatic rings. The average molecular weight is 168 g/mol. The smallest absolute Gasteiger partial charge is 0.202 e. The summed E-state index contributed by atoms with van der Waals surface area (Å²) >= 11 is 0. The minimum atomic E-state index is -4.76. The predicted octanol–water partition coefficient (Wildman–Crippen LogP) is 3.35. The maximum absolute atomic E-state index is 12.4. The Bertz CT molecular complexity index is 169. The van der Waals surface area contributed by atoms with E-state index in [0.29, 0.717) is 12.8 Å². The lowest BCUT2D eigenvalue weighted by atomic mass is 10.2. The van der Waals surface area contributed by atoms with Gasteiger partial charge in [-0.3, -0.25) is 0 Å². The van der Waals surface area contributed by atoms with Crippen LogP contribution >= 0.6 is 0 Å². The number of alkyl halides is 3. The van der Waals surface area contributed by atoms with Crippen molar-refractivity contribution in [2.45, 2.75) is 31.9 Å². The van der Waals surface area contributed by atoms with Crippen LogP contribution in [-0.4, -0.2) is 6.18 Å². The van der Waals surface area contributed by atoms with Gasteiger partial charge in [-0.05, 0) is 31.3 Å². The first-order valence-electron chi connectivity index (χ1n) is 3.46. The lowest BCUT2D eigenvalue weighted by molar-refractivity contribution is -0.110. The topological polar surface area (TPSA) is 0 Å². The molecule has 0 aromatic rings. The van der Waals surface area contributed by atoms with Crippen molar-refractivity contribution in [3.05, 3.63) is 11.4 Å². The van der Waals surface area contributed by atoms with Gasteiger partial charge >= 0.3 is 6.18 Å². The molecule has 0 nitrogen and oxygen atoms in total. The zero-order valence-electron chi connectivity index (χ0n) is 5.84. The van der Waals surface area contributed by atoms with Crippen molar-refractivity contribution in [2.24, 2.45) is 0 Å². The van der Waals surface area contributed by atoms with Crippen molar-refractivity contribution in [1.29, 1.82) is 0 Å². The third kappa shape index (κ3) is 1.94. The average Bonchev–Trinajstić information content (AvgIpc) is 2.34. The largest absolute Gasteiger partial charge is 0.442 e. The molecule has 1 rings (SSSR count). The predicted molar refractivity (Wildman–Crippen MR) is 32.7 cm³/mol. The van der Waals surface area contributed by atoms with E-state index in [1.807, 2.05) is 0 Å². The van der Waals surface area contributed by atoms with Crippen LogP contribution in [0.1, 0.15) is 25.7 Å². The molecule has 1 saturated carbocycles. The molecule has 0 heterocycles. The Hall–Kier alpha value is -0.540. The van der Waals surface area contributed by atoms with Gasteiger partial charge in [-0.15, -0.1) is 0 Å². The molecule has 4 heteroatoms. The molecule has 0 N–H and O–H groups in total. The molecule has 0 aromatic heterocycles. The summed E-state index contributed by atoms with van der Waals surface area (Å²) in [6.07, 6.45) is -2.87. The highest BCUT2D eigenvalue weighted by atomic mass is 19.4. The molecule has 0 aromatic carbocycles. The third-order valence-electron chi connectivity index (χ3n) is 1.77. The fourth-order valence-corrected chi connectivity index (χ4v) is 1.22. The first kappa shape index (κ1) is 8.56. The Balaban J connectivity index is 2.77. The second-order valence-corrected chi connectivity index (χ2v) is 2.62. The van der Waals surface area contributed by atoms with E-state index < -0.39 is 12.0 Å². The molecule has 64 valence electrons. The van der Waals surface area contributed by atoms with Crippen molar-refractivity contribution >= 4 is 0 Å². The quantitative estimate of drug-likeness (QED) is 0.486. The molecule has 1 aliphatic carbocycles. The van der Waals surface area contributed by atoms with Crippen LogP contribution in [0, 0.1) is 0 Å². The fraction of sp³-hybridized carbons (Fsp3) is 0.714. The van der Waals surface area contributed by atoms with Crippen LogP contribution in [0.4, 0.5) is 17.6 Å². The molecule has 0 spiro atoms. The first-order chi connectivity index (χ1) is 5.02. The molecule has 1 fully saturated rings. The van der Waals surface area contributed by atoms with Crippen LogP contribution in [0.2, 0.25) is 0 Å². The van der Waals surface area contributed by atoms with Crippen molar-refractivity contribution in [3.63, 3.8) is 0 Å². The van der Waals surface area contributed by atoms with Gasteiger partial charge in [-0.1, -0.05) is 0 Å². The fourth-order valence-electron chi connectivity index (χ4n) is 1.22. The summed E-state index contributed by atoms with van der Waals surface area (Å²) in [5.41, 5.74) is -0.0579. The molecule has 11 heavy (non-hydrogen) atoms. The summed E-state index contributed by atoms with van der Waals surface area (Å²) < 4.78 is 47.4. The maximum Gasteiger partial charge on any atom is 0.442 e. The molecule has 0 aliphatic heterocycles. The van der Waals surface area contributed by atoms with Gasteiger partial charge in [0.25, 0.3) is 0 Å². The minimum absolute atomic E-state index is 0.0579. The van der Waals surface area contributed by atoms with E-state index in [-0.39, 0.29) is 18.4 Å². The van der Waals surface area contributed by atoms with Crippen LogP contribution in [0.5, 0.6) is 0 Å². The number of halogens is 4. The van der Waals surface area contributed by atoms with Gasteiger partial charge in [-0.2, -0.15) is 13.2 Å². The molecule has 0 saturated heterocycles. The summed E-state index contributed by atoms with van der Waals surface area (Å²) in [4.78, 5) is 0. The Kier molecular flexibility index (Phi) is 2.20. The van der Waals surface area contributed by atoms with Crippen LogP contribution in [-0.2, 0) is 0 Å². The summed E-state index contributed by atoms with van der Waals surface area (Å²) in [6, 6.07) is 0. The number of rotatable bonds is 0. The summed E-state index contributed by atoms with van der Waals surface area (Å²) in [5.74, 6) is -1.87. The van der Waals surface area contributed by atoms with Crippen LogP contribution in [0.15, 0.2) is 11.4 Å². The maximum atomic E-state index is 12.4. The first-order valence-corrected chi connectivity index (χ1v) is 3.46. The third-order valence-corrected chi connectivity index (χ3v) is 1.77. The van der Waals surface area contributed by atoms with E-state index in [4.69, 9.17) is 0 Å². The van der Waals surface area contributed by atoms with E-state index in [1.165, 1.54) is 0 Å². The Morgan fingerprint density at radius 2 is 1.55 bits per heavy atom. The van der Waals surface area contributed by atoms with Gasteiger partial charge in [-0.25, -0.2) is 4.39 Å². The zero-order chi connectivity index (χ0) is 8.48. The van der Waals surface area contributed by atoms with Crippen molar-refractivity contribution in [2.75, 3.05) is 0 Å². The SMILES string of the molecule is FC(=C1CCCC1)C(F)(F)F. The highest BCUT2D eigenvalue weighted by Gasteiger charge is 2.37. The van der Waals surface area contributed by atoms with Gasteiger partial charge in [0.2, 0.25) is 5.83 Å². The lowest BCUT2D eigenvalue weighted by Crippen LogP contribution is -2.09. The molecule has 0 unspecified atom stereocenters. The van der Waals surface area contributed by atoms with E-state index in [0.717, 1.165) is 0 Å². The molecule has 0 bridgehead atoms. The normalized spacial score (nSPS) is 19.1. The van der Waals surface area contributed by atoms with Gasteiger partial charge in [0.05, 0.1) is 0 Å². The highest BCUT2D eigenvalue weighted by Crippen LogP contribution is 2.36. The number of allylic oxidation sites excluding steroid dienone is 2. The Labute approximate surface area is 61.9 Å². The molecular weight excluding hydrogens is 160 g/mol. The second-order valence-electron chi connectivity index (χ2n) is 2.62. The summed E-state index contributed by atoms with van der Waals surface area (Å²) in [5, 5.41) is 0. The van der Waals surface area contributed by atoms with Crippen LogP contribution in [0.3, 0.4) is 0 Å². The van der Waals surface area contributed by atoms with Gasteiger partial charge in [0.1, 0.15) is 0 Å². The van der Waals surface area contributed by atoms with E-state index in [9.17, 15) is 17.6 Å². The van der Waals surface area contributed by atoms with E-state index >= 15 is 0 Å². The van der Waals surface area contributed by atoms with Gasteiger partial charge in [0, 0.05) is 0 Å². The Morgan fingerprint density at radius 3 is 1.91 bits per heavy atom. The van der Waals surface area contributed by atoms with Gasteiger partial charge in [0.15, 0.2) is 0 Å². The number of hydrogen-bond acceptors (Lipinski definition) is 0. The molecule has 0 radical (unpaired) electrons. The van der Waals surface area contributed by atoms with E-state index in [1.54, 1.807) is 0 Å². The Morgan fingerprint density at radius 1 is 1.09 bits per heavy atom. The standard InChI is InChI=1S/C7H8F4/c8-6(7(9,10)11)5-3-1-2-4-5/h1-4H2. The monoisotopic (exact) mass is 168 g/mol.